The lowest BCUT2D eigenvalue weighted by atomic mass is 10.3. The number of carbonyl (C=O) groups excluding carboxylic acids is 1. The summed E-state index contributed by atoms with van der Waals surface area (Å²) in [5, 5.41) is 0. The van der Waals surface area contributed by atoms with Gasteiger partial charge in [-0.05, 0) is 18.6 Å². The molecule has 1 aromatic heterocycles. The van der Waals surface area contributed by atoms with E-state index in [0.717, 1.165) is 0 Å². The smallest absolute Gasteiger partial charge is 0.273 e. The van der Waals surface area contributed by atoms with Crippen LogP contribution in [0, 0.1) is 0 Å². The molecule has 0 atom stereocenters. The third-order valence-electron chi connectivity index (χ3n) is 2.34. The maximum atomic E-state index is 11.5. The summed E-state index contributed by atoms with van der Waals surface area (Å²) in [5.74, 6) is 0.0666. The van der Waals surface area contributed by atoms with Gasteiger partial charge in [0.05, 0.1) is 5.69 Å². The summed E-state index contributed by atoms with van der Waals surface area (Å²) in [6.45, 7) is 0.517. The second-order valence-electron chi connectivity index (χ2n) is 3.85. The molecule has 0 aliphatic carbocycles. The van der Waals surface area contributed by atoms with Crippen molar-refractivity contribution in [3.05, 3.63) is 28.7 Å². The van der Waals surface area contributed by atoms with Gasteiger partial charge < -0.3 is 15.2 Å². The number of carbonyl (C=O) groups is 1. The van der Waals surface area contributed by atoms with Crippen molar-refractivity contribution >= 4 is 11.6 Å². The Morgan fingerprint density at radius 1 is 1.50 bits per heavy atom. The van der Waals surface area contributed by atoms with Crippen molar-refractivity contribution in [2.75, 3.05) is 19.8 Å². The third kappa shape index (κ3) is 3.12. The van der Waals surface area contributed by atoms with Crippen LogP contribution in [0.1, 0.15) is 12.8 Å². The van der Waals surface area contributed by atoms with Crippen molar-refractivity contribution in [2.45, 2.75) is 19.4 Å². The molecule has 0 saturated carbocycles. The summed E-state index contributed by atoms with van der Waals surface area (Å²) in [6.07, 6.45) is 2.76. The summed E-state index contributed by atoms with van der Waals surface area (Å²) in [5.41, 5.74) is 5.53. The topological polar surface area (TPSA) is 68.3 Å². The Morgan fingerprint density at radius 2 is 2.19 bits per heavy atom. The summed E-state index contributed by atoms with van der Waals surface area (Å²) in [7, 11) is 3.43. The number of amides is 1. The first-order valence-electron chi connectivity index (χ1n) is 5.17. The van der Waals surface area contributed by atoms with Gasteiger partial charge in [-0.15, -0.1) is 0 Å². The van der Waals surface area contributed by atoms with Gasteiger partial charge in [-0.1, -0.05) is 0 Å². The fraction of sp³-hybridized carbons (Fsp3) is 0.455. The molecular weight excluding hydrogens is 206 g/mol. The third-order valence-corrected chi connectivity index (χ3v) is 2.34. The lowest BCUT2D eigenvalue weighted by molar-refractivity contribution is -0.128. The van der Waals surface area contributed by atoms with Crippen LogP contribution in [-0.4, -0.2) is 29.5 Å². The molecule has 0 fully saturated rings. The summed E-state index contributed by atoms with van der Waals surface area (Å²) >= 11 is 0. The number of nitrogens with two attached hydrogens (primary N) is 1. The van der Waals surface area contributed by atoms with E-state index in [2.05, 4.69) is 0 Å². The van der Waals surface area contributed by atoms with E-state index >= 15 is 0 Å². The number of nitrogens with zero attached hydrogens (tertiary/aromatic N) is 2. The Balaban J connectivity index is 2.53. The van der Waals surface area contributed by atoms with Crippen molar-refractivity contribution in [3.8, 4) is 0 Å². The van der Waals surface area contributed by atoms with Crippen LogP contribution in [0.4, 0.5) is 5.69 Å². The maximum absolute atomic E-state index is 11.5. The summed E-state index contributed by atoms with van der Waals surface area (Å²) in [4.78, 5) is 24.4. The molecule has 1 heterocycles. The molecule has 5 nitrogen and oxygen atoms in total. The number of hydrogen-bond donors (Lipinski definition) is 1. The molecule has 88 valence electrons. The van der Waals surface area contributed by atoms with Gasteiger partial charge in [0, 0.05) is 33.3 Å². The number of nitrogen functional groups attached to an aromatic ring is 1. The molecule has 0 saturated heterocycles. The Bertz CT molecular complexity index is 423. The Hall–Kier alpha value is -1.78. The van der Waals surface area contributed by atoms with Gasteiger partial charge in [-0.3, -0.25) is 9.59 Å². The van der Waals surface area contributed by atoms with Crippen LogP contribution in [0.15, 0.2) is 23.1 Å². The molecule has 16 heavy (non-hydrogen) atoms. The van der Waals surface area contributed by atoms with E-state index in [1.165, 1.54) is 4.57 Å². The van der Waals surface area contributed by atoms with Gasteiger partial charge in [0.15, 0.2) is 0 Å². The number of hydrogen-bond acceptors (Lipinski definition) is 3. The quantitative estimate of drug-likeness (QED) is 0.798. The van der Waals surface area contributed by atoms with E-state index in [4.69, 9.17) is 5.73 Å². The highest BCUT2D eigenvalue weighted by molar-refractivity contribution is 5.75. The van der Waals surface area contributed by atoms with E-state index in [0.29, 0.717) is 19.4 Å². The summed E-state index contributed by atoms with van der Waals surface area (Å²) < 4.78 is 1.53. The molecule has 1 amide bonds. The second-order valence-corrected chi connectivity index (χ2v) is 3.85. The molecule has 0 spiro atoms. The zero-order chi connectivity index (χ0) is 12.1. The van der Waals surface area contributed by atoms with Gasteiger partial charge in [0.25, 0.3) is 5.56 Å². The van der Waals surface area contributed by atoms with Gasteiger partial charge >= 0.3 is 0 Å². The predicted molar refractivity (Wildman–Crippen MR) is 63.0 cm³/mol. The van der Waals surface area contributed by atoms with Crippen LogP contribution in [0.3, 0.4) is 0 Å². The maximum Gasteiger partial charge on any atom is 0.273 e. The minimum Gasteiger partial charge on any atom is -0.394 e. The molecule has 0 unspecified atom stereocenters. The van der Waals surface area contributed by atoms with E-state index in [1.807, 2.05) is 0 Å². The largest absolute Gasteiger partial charge is 0.394 e. The number of pyridine rings is 1. The number of aryl methyl sites for hydroxylation is 1. The number of rotatable bonds is 4. The molecule has 0 aliphatic heterocycles. The van der Waals surface area contributed by atoms with Gasteiger partial charge in [-0.2, -0.15) is 0 Å². The first-order chi connectivity index (χ1) is 7.52. The van der Waals surface area contributed by atoms with Crippen molar-refractivity contribution in [1.82, 2.24) is 9.47 Å². The molecule has 2 N–H and O–H groups in total. The van der Waals surface area contributed by atoms with Crippen molar-refractivity contribution in [3.63, 3.8) is 0 Å². The fourth-order valence-electron chi connectivity index (χ4n) is 1.36. The number of aromatic nitrogens is 1. The zero-order valence-corrected chi connectivity index (χ0v) is 9.64. The van der Waals surface area contributed by atoms with Crippen molar-refractivity contribution in [2.24, 2.45) is 0 Å². The minimum absolute atomic E-state index is 0.0666. The van der Waals surface area contributed by atoms with Gasteiger partial charge in [0.2, 0.25) is 5.91 Å². The highest BCUT2D eigenvalue weighted by atomic mass is 16.2. The molecule has 1 rings (SSSR count). The molecule has 0 aromatic carbocycles. The van der Waals surface area contributed by atoms with Crippen LogP contribution in [0.2, 0.25) is 0 Å². The van der Waals surface area contributed by atoms with Crippen LogP contribution in [0.5, 0.6) is 0 Å². The van der Waals surface area contributed by atoms with Crippen LogP contribution >= 0.6 is 0 Å². The van der Waals surface area contributed by atoms with Gasteiger partial charge in [0.1, 0.15) is 0 Å². The summed E-state index contributed by atoms with van der Waals surface area (Å²) in [6, 6.07) is 3.30. The lowest BCUT2D eigenvalue weighted by Crippen LogP contribution is -2.24. The Labute approximate surface area is 94.5 Å². The minimum atomic E-state index is -0.195. The van der Waals surface area contributed by atoms with Crippen LogP contribution in [-0.2, 0) is 11.3 Å². The average Bonchev–Trinajstić information content (AvgIpc) is 2.24. The normalized spacial score (nSPS) is 10.1. The first kappa shape index (κ1) is 12.3. The van der Waals surface area contributed by atoms with Crippen LogP contribution < -0.4 is 11.3 Å². The Morgan fingerprint density at radius 3 is 2.81 bits per heavy atom. The van der Waals surface area contributed by atoms with Crippen molar-refractivity contribution in [1.29, 1.82) is 0 Å². The molecule has 5 heteroatoms. The molecule has 0 bridgehead atoms. The predicted octanol–water partition coefficient (Wildman–Crippen LogP) is 0.299. The molecular formula is C11H17N3O2. The van der Waals surface area contributed by atoms with Crippen molar-refractivity contribution < 1.29 is 4.79 Å². The molecule has 0 radical (unpaired) electrons. The highest BCUT2D eigenvalue weighted by Crippen LogP contribution is 1.98. The van der Waals surface area contributed by atoms with Gasteiger partial charge in [-0.25, -0.2) is 0 Å². The standard InChI is InChI=1S/C11H17N3O2/c1-13(2)10(15)6-4-8-14-7-3-5-9(12)11(14)16/h3,5,7H,4,6,8,12H2,1-2H3. The van der Waals surface area contributed by atoms with E-state index in [-0.39, 0.29) is 17.2 Å². The van der Waals surface area contributed by atoms with E-state index in [9.17, 15) is 9.59 Å². The first-order valence-corrected chi connectivity index (χ1v) is 5.17. The molecule has 0 aliphatic rings. The monoisotopic (exact) mass is 223 g/mol. The zero-order valence-electron chi connectivity index (χ0n) is 9.64. The fourth-order valence-corrected chi connectivity index (χ4v) is 1.36. The lowest BCUT2D eigenvalue weighted by Gasteiger charge is -2.10. The second kappa shape index (κ2) is 5.34. The average molecular weight is 223 g/mol. The molecule has 1 aromatic rings. The van der Waals surface area contributed by atoms with Crippen LogP contribution in [0.25, 0.3) is 0 Å². The highest BCUT2D eigenvalue weighted by Gasteiger charge is 2.04. The van der Waals surface area contributed by atoms with E-state index < -0.39 is 0 Å². The SMILES string of the molecule is CN(C)C(=O)CCCn1cccc(N)c1=O. The Kier molecular flexibility index (Phi) is 4.10. The number of anilines is 1. The van der Waals surface area contributed by atoms with E-state index in [1.54, 1.807) is 37.3 Å².